The Morgan fingerprint density at radius 1 is 1.10 bits per heavy atom. The molecule has 0 saturated heterocycles. The lowest BCUT2D eigenvalue weighted by Gasteiger charge is -2.11. The van der Waals surface area contributed by atoms with Crippen LogP contribution in [-0.4, -0.2) is 5.91 Å². The number of para-hydroxylation sites is 1. The molecule has 0 aliphatic rings. The minimum absolute atomic E-state index is 0.00670. The Morgan fingerprint density at radius 2 is 1.83 bits per heavy atom. The lowest BCUT2D eigenvalue weighted by atomic mass is 10.1. The molecule has 0 unspecified atom stereocenters. The molecule has 0 aromatic heterocycles. The second-order valence-corrected chi connectivity index (χ2v) is 6.49. The maximum absolute atomic E-state index is 13.8. The molecule has 3 aromatic carbocycles. The van der Waals surface area contributed by atoms with E-state index in [1.54, 1.807) is 60.7 Å². The molecule has 6 heteroatoms. The number of ether oxygens (including phenoxy) is 1. The second-order valence-electron chi connectivity index (χ2n) is 6.05. The molecule has 0 fully saturated rings. The summed E-state index contributed by atoms with van der Waals surface area (Å²) in [5.41, 5.74) is 1.28. The largest absolute Gasteiger partial charge is 0.488 e. The fourth-order valence-corrected chi connectivity index (χ4v) is 2.74. The number of hydrogen-bond donors (Lipinski definition) is 1. The van der Waals surface area contributed by atoms with Gasteiger partial charge in [-0.3, -0.25) is 4.79 Å². The number of carbonyl (C=O) groups is 1. The summed E-state index contributed by atoms with van der Waals surface area (Å²) in [6, 6.07) is 21.8. The fourth-order valence-electron chi connectivity index (χ4n) is 2.56. The second kappa shape index (κ2) is 9.54. The highest BCUT2D eigenvalue weighted by Crippen LogP contribution is 2.27. The van der Waals surface area contributed by atoms with Crippen molar-refractivity contribution >= 4 is 29.3 Å². The minimum atomic E-state index is -0.557. The first kappa shape index (κ1) is 20.1. The molecule has 0 saturated carbocycles. The molecule has 1 amide bonds. The molecule has 29 heavy (non-hydrogen) atoms. The van der Waals surface area contributed by atoms with Gasteiger partial charge < -0.3 is 10.1 Å². The summed E-state index contributed by atoms with van der Waals surface area (Å²) < 4.78 is 19.5. The van der Waals surface area contributed by atoms with Gasteiger partial charge in [0.05, 0.1) is 0 Å². The quantitative estimate of drug-likeness (QED) is 0.428. The van der Waals surface area contributed by atoms with Crippen LogP contribution in [0.25, 0.3) is 6.08 Å². The molecule has 3 aromatic rings. The maximum atomic E-state index is 13.8. The number of nitrogens with one attached hydrogen (secondary N) is 1. The minimum Gasteiger partial charge on any atom is -0.488 e. The molecule has 0 bridgehead atoms. The van der Waals surface area contributed by atoms with Crippen molar-refractivity contribution in [2.45, 2.75) is 6.61 Å². The Kier molecular flexibility index (Phi) is 6.62. The van der Waals surface area contributed by atoms with Gasteiger partial charge in [-0.05, 0) is 42.5 Å². The lowest BCUT2D eigenvalue weighted by molar-refractivity contribution is -0.112. The smallest absolute Gasteiger partial charge is 0.266 e. The number of carbonyl (C=O) groups excluding carboxylic acids is 1. The third-order valence-electron chi connectivity index (χ3n) is 4.01. The van der Waals surface area contributed by atoms with Crippen LogP contribution in [0.15, 0.2) is 78.4 Å². The van der Waals surface area contributed by atoms with Crippen molar-refractivity contribution in [2.75, 3.05) is 5.32 Å². The first-order valence-corrected chi connectivity index (χ1v) is 9.08. The molecule has 0 radical (unpaired) electrons. The van der Waals surface area contributed by atoms with Crippen LogP contribution in [0.2, 0.25) is 5.02 Å². The summed E-state index contributed by atoms with van der Waals surface area (Å²) >= 11 is 6.07. The van der Waals surface area contributed by atoms with Gasteiger partial charge in [-0.25, -0.2) is 4.39 Å². The zero-order valence-electron chi connectivity index (χ0n) is 15.2. The van der Waals surface area contributed by atoms with E-state index in [0.717, 1.165) is 0 Å². The standard InChI is InChI=1S/C23H16ClFN2O2/c24-19-10-11-22(29-15-16-6-4-5-9-21(16)25)17(13-19)12-18(14-26)23(28)27-20-7-2-1-3-8-20/h1-13H,15H2,(H,27,28)/b18-12+. The van der Waals surface area contributed by atoms with E-state index in [0.29, 0.717) is 27.6 Å². The molecular formula is C23H16ClFN2O2. The van der Waals surface area contributed by atoms with Gasteiger partial charge in [0.1, 0.15) is 29.8 Å². The number of nitriles is 1. The Labute approximate surface area is 172 Å². The Morgan fingerprint density at radius 3 is 2.55 bits per heavy atom. The van der Waals surface area contributed by atoms with Crippen molar-refractivity contribution in [3.05, 3.63) is 100 Å². The van der Waals surface area contributed by atoms with Crippen molar-refractivity contribution in [1.82, 2.24) is 0 Å². The van der Waals surface area contributed by atoms with Crippen LogP contribution < -0.4 is 10.1 Å². The van der Waals surface area contributed by atoms with Crippen LogP contribution in [0.4, 0.5) is 10.1 Å². The summed E-state index contributed by atoms with van der Waals surface area (Å²) in [6.07, 6.45) is 1.39. The number of nitrogens with zero attached hydrogens (tertiary/aromatic N) is 1. The van der Waals surface area contributed by atoms with Crippen LogP contribution in [0.5, 0.6) is 5.75 Å². The summed E-state index contributed by atoms with van der Waals surface area (Å²) in [4.78, 5) is 12.4. The van der Waals surface area contributed by atoms with Crippen LogP contribution in [-0.2, 0) is 11.4 Å². The zero-order chi connectivity index (χ0) is 20.6. The maximum Gasteiger partial charge on any atom is 0.266 e. The lowest BCUT2D eigenvalue weighted by Crippen LogP contribution is -2.13. The van der Waals surface area contributed by atoms with Crippen LogP contribution in [0.3, 0.4) is 0 Å². The van der Waals surface area contributed by atoms with Gasteiger partial charge in [0, 0.05) is 21.8 Å². The third-order valence-corrected chi connectivity index (χ3v) is 4.24. The summed E-state index contributed by atoms with van der Waals surface area (Å²) in [5.74, 6) is -0.560. The van der Waals surface area contributed by atoms with E-state index in [-0.39, 0.29) is 18.0 Å². The molecule has 144 valence electrons. The van der Waals surface area contributed by atoms with Crippen molar-refractivity contribution in [2.24, 2.45) is 0 Å². The van der Waals surface area contributed by atoms with Gasteiger partial charge in [-0.2, -0.15) is 5.26 Å². The van der Waals surface area contributed by atoms with Gasteiger partial charge in [0.2, 0.25) is 0 Å². The molecule has 0 aliphatic heterocycles. The van der Waals surface area contributed by atoms with Gasteiger partial charge >= 0.3 is 0 Å². The molecule has 1 N–H and O–H groups in total. The van der Waals surface area contributed by atoms with Crippen LogP contribution in [0, 0.1) is 17.1 Å². The average molecular weight is 407 g/mol. The monoisotopic (exact) mass is 406 g/mol. The highest BCUT2D eigenvalue weighted by atomic mass is 35.5. The topological polar surface area (TPSA) is 62.1 Å². The molecular weight excluding hydrogens is 391 g/mol. The SMILES string of the molecule is N#C/C(=C\c1cc(Cl)ccc1OCc1ccccc1F)C(=O)Nc1ccccc1. The van der Waals surface area contributed by atoms with E-state index in [1.807, 2.05) is 12.1 Å². The number of rotatable bonds is 6. The first-order chi connectivity index (χ1) is 14.1. The van der Waals surface area contributed by atoms with E-state index >= 15 is 0 Å². The highest BCUT2D eigenvalue weighted by Gasteiger charge is 2.12. The van der Waals surface area contributed by atoms with Gasteiger partial charge in [0.15, 0.2) is 0 Å². The highest BCUT2D eigenvalue weighted by molar-refractivity contribution is 6.30. The summed E-state index contributed by atoms with van der Waals surface area (Å²) in [6.45, 7) is -0.00670. The number of anilines is 1. The molecule has 0 atom stereocenters. The molecule has 4 nitrogen and oxygen atoms in total. The van der Waals surface area contributed by atoms with Crippen molar-refractivity contribution in [1.29, 1.82) is 5.26 Å². The van der Waals surface area contributed by atoms with Crippen molar-refractivity contribution in [3.63, 3.8) is 0 Å². The Balaban J connectivity index is 1.84. The van der Waals surface area contributed by atoms with Gasteiger partial charge in [-0.15, -0.1) is 0 Å². The fraction of sp³-hybridized carbons (Fsp3) is 0.0435. The van der Waals surface area contributed by atoms with Crippen LogP contribution in [0.1, 0.15) is 11.1 Å². The number of halogens is 2. The van der Waals surface area contributed by atoms with Crippen LogP contribution >= 0.6 is 11.6 Å². The number of amides is 1. The van der Waals surface area contributed by atoms with E-state index < -0.39 is 5.91 Å². The number of hydrogen-bond acceptors (Lipinski definition) is 3. The summed E-state index contributed by atoms with van der Waals surface area (Å²) in [7, 11) is 0. The van der Waals surface area contributed by atoms with Crippen molar-refractivity contribution in [3.8, 4) is 11.8 Å². The first-order valence-electron chi connectivity index (χ1n) is 8.71. The van der Waals surface area contributed by atoms with E-state index in [1.165, 1.54) is 12.1 Å². The Hall–Kier alpha value is -3.62. The predicted molar refractivity (Wildman–Crippen MR) is 111 cm³/mol. The Bertz CT molecular complexity index is 1090. The predicted octanol–water partition coefficient (Wildman–Crippen LogP) is 5.60. The summed E-state index contributed by atoms with van der Waals surface area (Å²) in [5, 5.41) is 12.5. The third kappa shape index (κ3) is 5.44. The number of benzene rings is 3. The van der Waals surface area contributed by atoms with Gasteiger partial charge in [0.25, 0.3) is 5.91 Å². The zero-order valence-corrected chi connectivity index (χ0v) is 16.0. The van der Waals surface area contributed by atoms with E-state index in [9.17, 15) is 14.4 Å². The average Bonchev–Trinajstić information content (AvgIpc) is 2.73. The molecule has 0 heterocycles. The van der Waals surface area contributed by atoms with E-state index in [2.05, 4.69) is 5.32 Å². The molecule has 0 aliphatic carbocycles. The van der Waals surface area contributed by atoms with Crippen molar-refractivity contribution < 1.29 is 13.9 Å². The molecule has 0 spiro atoms. The normalized spacial score (nSPS) is 10.9. The van der Waals surface area contributed by atoms with E-state index in [4.69, 9.17) is 16.3 Å². The van der Waals surface area contributed by atoms with Gasteiger partial charge in [-0.1, -0.05) is 48.0 Å². The molecule has 3 rings (SSSR count).